The van der Waals surface area contributed by atoms with Crippen molar-refractivity contribution >= 4 is 16.5 Å². The molecule has 94 valence electrons. The van der Waals surface area contributed by atoms with Gasteiger partial charge in [0.15, 0.2) is 16.6 Å². The quantitative estimate of drug-likeness (QED) is 0.923. The van der Waals surface area contributed by atoms with Crippen LogP contribution in [0.15, 0.2) is 23.6 Å². The minimum Gasteiger partial charge on any atom is -0.486 e. The summed E-state index contributed by atoms with van der Waals surface area (Å²) in [5.41, 5.74) is 2.02. The third kappa shape index (κ3) is 2.13. The summed E-state index contributed by atoms with van der Waals surface area (Å²) < 4.78 is 11.1. The maximum absolute atomic E-state index is 5.57. The number of anilines is 1. The first-order valence-electron chi connectivity index (χ1n) is 5.96. The molecule has 2 aromatic rings. The molecule has 1 N–H and O–H groups in total. The molecule has 0 unspecified atom stereocenters. The molecule has 1 aromatic carbocycles. The van der Waals surface area contributed by atoms with Gasteiger partial charge in [-0.3, -0.25) is 0 Å². The minimum absolute atomic E-state index is 0.607. The SMILES string of the molecule is CCNc1nc(-c2ccc3c(c2)OCCO3)cs1. The molecule has 0 saturated heterocycles. The molecule has 1 aromatic heterocycles. The van der Waals surface area contributed by atoms with Crippen molar-refractivity contribution < 1.29 is 9.47 Å². The van der Waals surface area contributed by atoms with Gasteiger partial charge in [-0.25, -0.2) is 4.98 Å². The number of ether oxygens (including phenoxy) is 2. The Morgan fingerprint density at radius 2 is 2.11 bits per heavy atom. The molecule has 0 atom stereocenters. The van der Waals surface area contributed by atoms with E-state index < -0.39 is 0 Å². The Labute approximate surface area is 110 Å². The highest BCUT2D eigenvalue weighted by Gasteiger charge is 2.13. The molecule has 0 fully saturated rings. The normalized spacial score (nSPS) is 13.4. The number of hydrogen-bond acceptors (Lipinski definition) is 5. The molecule has 3 rings (SSSR count). The molecule has 0 saturated carbocycles. The van der Waals surface area contributed by atoms with Gasteiger partial charge in [-0.1, -0.05) is 0 Å². The summed E-state index contributed by atoms with van der Waals surface area (Å²) >= 11 is 1.61. The number of fused-ring (bicyclic) bond motifs is 1. The minimum atomic E-state index is 0.607. The lowest BCUT2D eigenvalue weighted by Gasteiger charge is -2.18. The molecular weight excluding hydrogens is 248 g/mol. The van der Waals surface area contributed by atoms with Crippen molar-refractivity contribution in [1.29, 1.82) is 0 Å². The van der Waals surface area contributed by atoms with E-state index in [1.54, 1.807) is 11.3 Å². The van der Waals surface area contributed by atoms with E-state index in [2.05, 4.69) is 17.2 Å². The average Bonchev–Trinajstić information content (AvgIpc) is 2.87. The van der Waals surface area contributed by atoms with Crippen LogP contribution in [0.4, 0.5) is 5.13 Å². The van der Waals surface area contributed by atoms with Gasteiger partial charge in [-0.05, 0) is 25.1 Å². The first kappa shape index (κ1) is 11.3. The molecule has 0 aliphatic carbocycles. The molecule has 1 aliphatic rings. The molecule has 1 aliphatic heterocycles. The van der Waals surface area contributed by atoms with E-state index in [1.807, 2.05) is 23.6 Å². The Hall–Kier alpha value is -1.75. The summed E-state index contributed by atoms with van der Waals surface area (Å²) in [6.45, 7) is 4.17. The van der Waals surface area contributed by atoms with Gasteiger partial charge < -0.3 is 14.8 Å². The first-order valence-corrected chi connectivity index (χ1v) is 6.84. The standard InChI is InChI=1S/C13H14N2O2S/c1-2-14-13-15-10(8-18-13)9-3-4-11-12(7-9)17-6-5-16-11/h3-4,7-8H,2,5-6H2,1H3,(H,14,15). The van der Waals surface area contributed by atoms with Crippen LogP contribution in [0.5, 0.6) is 11.5 Å². The van der Waals surface area contributed by atoms with Crippen LogP contribution in [0.25, 0.3) is 11.3 Å². The zero-order valence-corrected chi connectivity index (χ0v) is 10.9. The number of nitrogens with zero attached hydrogens (tertiary/aromatic N) is 1. The highest BCUT2D eigenvalue weighted by Crippen LogP contribution is 2.35. The predicted octanol–water partition coefficient (Wildman–Crippen LogP) is 3.01. The topological polar surface area (TPSA) is 43.4 Å². The maximum Gasteiger partial charge on any atom is 0.183 e. The molecule has 5 heteroatoms. The van der Waals surface area contributed by atoms with Gasteiger partial charge in [0.1, 0.15) is 13.2 Å². The van der Waals surface area contributed by atoms with Gasteiger partial charge in [0.2, 0.25) is 0 Å². The van der Waals surface area contributed by atoms with Crippen molar-refractivity contribution in [3.63, 3.8) is 0 Å². The molecular formula is C13H14N2O2S. The van der Waals surface area contributed by atoms with Crippen molar-refractivity contribution in [1.82, 2.24) is 4.98 Å². The van der Waals surface area contributed by atoms with Gasteiger partial charge in [0, 0.05) is 17.5 Å². The molecule has 0 spiro atoms. The van der Waals surface area contributed by atoms with Crippen molar-refractivity contribution in [2.45, 2.75) is 6.92 Å². The summed E-state index contributed by atoms with van der Waals surface area (Å²) in [4.78, 5) is 4.53. The van der Waals surface area contributed by atoms with Crippen molar-refractivity contribution in [2.24, 2.45) is 0 Å². The first-order chi connectivity index (χ1) is 8.86. The zero-order valence-electron chi connectivity index (χ0n) is 10.1. The van der Waals surface area contributed by atoms with E-state index >= 15 is 0 Å². The Kier molecular flexibility index (Phi) is 3.06. The van der Waals surface area contributed by atoms with Crippen molar-refractivity contribution in [3.05, 3.63) is 23.6 Å². The highest BCUT2D eigenvalue weighted by atomic mass is 32.1. The number of hydrogen-bond donors (Lipinski definition) is 1. The maximum atomic E-state index is 5.57. The smallest absolute Gasteiger partial charge is 0.183 e. The second kappa shape index (κ2) is 4.86. The highest BCUT2D eigenvalue weighted by molar-refractivity contribution is 7.14. The number of rotatable bonds is 3. The third-order valence-corrected chi connectivity index (χ3v) is 3.47. The van der Waals surface area contributed by atoms with Crippen LogP contribution in [0.3, 0.4) is 0 Å². The summed E-state index contributed by atoms with van der Waals surface area (Å²) in [6, 6.07) is 5.94. The van der Waals surface area contributed by atoms with Crippen LogP contribution in [0, 0.1) is 0 Å². The van der Waals surface area contributed by atoms with E-state index in [4.69, 9.17) is 9.47 Å². The third-order valence-electron chi connectivity index (χ3n) is 2.67. The van der Waals surface area contributed by atoms with E-state index in [0.717, 1.165) is 34.4 Å². The second-order valence-corrected chi connectivity index (χ2v) is 4.78. The van der Waals surface area contributed by atoms with Gasteiger partial charge in [-0.15, -0.1) is 11.3 Å². The van der Waals surface area contributed by atoms with Crippen molar-refractivity contribution in [2.75, 3.05) is 25.1 Å². The Morgan fingerprint density at radius 1 is 1.28 bits per heavy atom. The van der Waals surface area contributed by atoms with Crippen LogP contribution in [-0.4, -0.2) is 24.7 Å². The van der Waals surface area contributed by atoms with Crippen LogP contribution in [0.1, 0.15) is 6.92 Å². The van der Waals surface area contributed by atoms with E-state index in [9.17, 15) is 0 Å². The van der Waals surface area contributed by atoms with Gasteiger partial charge in [0.25, 0.3) is 0 Å². The lowest BCUT2D eigenvalue weighted by molar-refractivity contribution is 0.171. The van der Waals surface area contributed by atoms with E-state index in [0.29, 0.717) is 13.2 Å². The van der Waals surface area contributed by atoms with Gasteiger partial charge in [0.05, 0.1) is 5.69 Å². The fourth-order valence-electron chi connectivity index (χ4n) is 1.84. The van der Waals surface area contributed by atoms with E-state index in [-0.39, 0.29) is 0 Å². The molecule has 0 bridgehead atoms. The summed E-state index contributed by atoms with van der Waals surface area (Å²) in [7, 11) is 0. The predicted molar refractivity (Wildman–Crippen MR) is 72.7 cm³/mol. The lowest BCUT2D eigenvalue weighted by atomic mass is 10.1. The monoisotopic (exact) mass is 262 g/mol. The number of nitrogens with one attached hydrogen (secondary N) is 1. The van der Waals surface area contributed by atoms with Crippen LogP contribution < -0.4 is 14.8 Å². The Morgan fingerprint density at radius 3 is 2.94 bits per heavy atom. The largest absolute Gasteiger partial charge is 0.486 e. The number of benzene rings is 1. The van der Waals surface area contributed by atoms with Crippen molar-refractivity contribution in [3.8, 4) is 22.8 Å². The molecule has 0 radical (unpaired) electrons. The van der Waals surface area contributed by atoms with E-state index in [1.165, 1.54) is 0 Å². The Bertz CT molecular complexity index is 554. The molecule has 4 nitrogen and oxygen atoms in total. The lowest BCUT2D eigenvalue weighted by Crippen LogP contribution is -2.15. The van der Waals surface area contributed by atoms with Crippen LogP contribution in [-0.2, 0) is 0 Å². The molecule has 2 heterocycles. The Balaban J connectivity index is 1.91. The zero-order chi connectivity index (χ0) is 12.4. The second-order valence-electron chi connectivity index (χ2n) is 3.93. The van der Waals surface area contributed by atoms with Crippen LogP contribution >= 0.6 is 11.3 Å². The average molecular weight is 262 g/mol. The number of aromatic nitrogens is 1. The molecule has 18 heavy (non-hydrogen) atoms. The fourth-order valence-corrected chi connectivity index (χ4v) is 2.63. The summed E-state index contributed by atoms with van der Waals surface area (Å²) in [5.74, 6) is 1.61. The van der Waals surface area contributed by atoms with Gasteiger partial charge in [-0.2, -0.15) is 0 Å². The van der Waals surface area contributed by atoms with Crippen LogP contribution in [0.2, 0.25) is 0 Å². The summed E-state index contributed by atoms with van der Waals surface area (Å²) in [5, 5.41) is 6.20. The molecule has 0 amide bonds. The summed E-state index contributed by atoms with van der Waals surface area (Å²) in [6.07, 6.45) is 0. The number of thiazole rings is 1. The van der Waals surface area contributed by atoms with Gasteiger partial charge >= 0.3 is 0 Å². The fraction of sp³-hybridized carbons (Fsp3) is 0.308.